The minimum absolute atomic E-state index is 0.0341. The van der Waals surface area contributed by atoms with Gasteiger partial charge in [-0.05, 0) is 23.6 Å². The second-order valence-electron chi connectivity index (χ2n) is 4.17. The first kappa shape index (κ1) is 10.0. The van der Waals surface area contributed by atoms with Gasteiger partial charge in [0.15, 0.2) is 0 Å². The summed E-state index contributed by atoms with van der Waals surface area (Å²) in [7, 11) is 0. The molecule has 2 aromatic rings. The summed E-state index contributed by atoms with van der Waals surface area (Å²) in [5.74, 6) is -0.0341. The van der Waals surface area contributed by atoms with E-state index < -0.39 is 0 Å². The van der Waals surface area contributed by atoms with Crippen molar-refractivity contribution in [2.24, 2.45) is 0 Å². The number of amides is 1. The molecule has 0 saturated heterocycles. The van der Waals surface area contributed by atoms with Crippen molar-refractivity contribution in [1.29, 1.82) is 0 Å². The summed E-state index contributed by atoms with van der Waals surface area (Å²) in [5, 5.41) is 3.01. The lowest BCUT2D eigenvalue weighted by molar-refractivity contribution is 0.0924. The number of carbonyl (C=O) groups excluding carboxylic acids is 1. The van der Waals surface area contributed by atoms with E-state index in [1.54, 1.807) is 12.4 Å². The molecular weight excluding hydrogens is 212 g/mol. The molecule has 1 atom stereocenters. The van der Waals surface area contributed by atoms with Crippen molar-refractivity contribution in [3.63, 3.8) is 0 Å². The largest absolute Gasteiger partial charge is 0.345 e. The summed E-state index contributed by atoms with van der Waals surface area (Å²) in [4.78, 5) is 15.9. The highest BCUT2D eigenvalue weighted by molar-refractivity contribution is 5.96. The predicted molar refractivity (Wildman–Crippen MR) is 64.6 cm³/mol. The number of carbonyl (C=O) groups is 1. The van der Waals surface area contributed by atoms with Gasteiger partial charge in [0.05, 0.1) is 11.6 Å². The van der Waals surface area contributed by atoms with Gasteiger partial charge in [-0.25, -0.2) is 0 Å². The first-order valence-corrected chi connectivity index (χ1v) is 5.63. The summed E-state index contributed by atoms with van der Waals surface area (Å²) < 4.78 is 0. The normalized spacial score (nSPS) is 18.4. The van der Waals surface area contributed by atoms with E-state index >= 15 is 0 Å². The zero-order chi connectivity index (χ0) is 11.7. The molecule has 0 fully saturated rings. The number of benzene rings is 1. The van der Waals surface area contributed by atoms with Crippen LogP contribution in [0.4, 0.5) is 0 Å². The number of rotatable bonds is 1. The molecule has 0 spiro atoms. The van der Waals surface area contributed by atoms with E-state index in [2.05, 4.69) is 10.3 Å². The van der Waals surface area contributed by atoms with E-state index in [4.69, 9.17) is 0 Å². The lowest BCUT2D eigenvalue weighted by atomic mass is 9.92. The Bertz CT molecular complexity index is 551. The molecule has 2 heterocycles. The molecule has 1 amide bonds. The summed E-state index contributed by atoms with van der Waals surface area (Å²) >= 11 is 0. The Hall–Kier alpha value is -2.16. The maximum absolute atomic E-state index is 11.9. The summed E-state index contributed by atoms with van der Waals surface area (Å²) in [5.41, 5.74) is 2.90. The van der Waals surface area contributed by atoms with Crippen LogP contribution in [0.2, 0.25) is 0 Å². The average Bonchev–Trinajstić information content (AvgIpc) is 2.40. The molecule has 1 N–H and O–H groups in total. The second-order valence-corrected chi connectivity index (χ2v) is 4.17. The third-order valence-corrected chi connectivity index (χ3v) is 3.09. The van der Waals surface area contributed by atoms with Crippen LogP contribution in [0, 0.1) is 0 Å². The topological polar surface area (TPSA) is 42.0 Å². The minimum Gasteiger partial charge on any atom is -0.345 e. The zero-order valence-corrected chi connectivity index (χ0v) is 9.26. The number of hydrogen-bond acceptors (Lipinski definition) is 2. The van der Waals surface area contributed by atoms with Gasteiger partial charge in [0.1, 0.15) is 0 Å². The van der Waals surface area contributed by atoms with Gasteiger partial charge in [-0.1, -0.05) is 30.3 Å². The van der Waals surface area contributed by atoms with Crippen LogP contribution in [0.1, 0.15) is 27.5 Å². The Labute approximate surface area is 99.5 Å². The molecule has 0 saturated carbocycles. The maximum atomic E-state index is 11.9. The van der Waals surface area contributed by atoms with Gasteiger partial charge < -0.3 is 5.32 Å². The van der Waals surface area contributed by atoms with Gasteiger partial charge in [0.25, 0.3) is 5.91 Å². The first-order chi connectivity index (χ1) is 8.34. The SMILES string of the molecule is O=C1N[C@H](c2ccccc2)Cc2ccncc21. The van der Waals surface area contributed by atoms with Crippen molar-refractivity contribution < 1.29 is 4.79 Å². The standard InChI is InChI=1S/C14H12N2O/c17-14-12-9-15-7-6-11(12)8-13(16-14)10-4-2-1-3-5-10/h1-7,9,13H,8H2,(H,16,17)/t13-/m0/s1. The average molecular weight is 224 g/mol. The van der Waals surface area contributed by atoms with Crippen LogP contribution in [0.25, 0.3) is 0 Å². The smallest absolute Gasteiger partial charge is 0.253 e. The number of aromatic nitrogens is 1. The highest BCUT2D eigenvalue weighted by atomic mass is 16.1. The third-order valence-electron chi connectivity index (χ3n) is 3.09. The lowest BCUT2D eigenvalue weighted by Crippen LogP contribution is -2.35. The fourth-order valence-corrected chi connectivity index (χ4v) is 2.20. The van der Waals surface area contributed by atoms with E-state index in [1.165, 1.54) is 0 Å². The number of pyridine rings is 1. The van der Waals surface area contributed by atoms with Gasteiger partial charge in [-0.15, -0.1) is 0 Å². The van der Waals surface area contributed by atoms with Crippen molar-refractivity contribution in [2.45, 2.75) is 12.5 Å². The molecule has 3 heteroatoms. The van der Waals surface area contributed by atoms with Crippen LogP contribution in [0.3, 0.4) is 0 Å². The Morgan fingerprint density at radius 2 is 2.00 bits per heavy atom. The molecule has 0 aliphatic carbocycles. The van der Waals surface area contributed by atoms with Crippen molar-refractivity contribution in [1.82, 2.24) is 10.3 Å². The van der Waals surface area contributed by atoms with Gasteiger partial charge in [0, 0.05) is 12.4 Å². The quantitative estimate of drug-likeness (QED) is 0.806. The highest BCUT2D eigenvalue weighted by Gasteiger charge is 2.24. The van der Waals surface area contributed by atoms with E-state index in [0.717, 1.165) is 17.5 Å². The molecule has 84 valence electrons. The highest BCUT2D eigenvalue weighted by Crippen LogP contribution is 2.24. The lowest BCUT2D eigenvalue weighted by Gasteiger charge is -2.25. The zero-order valence-electron chi connectivity index (χ0n) is 9.26. The first-order valence-electron chi connectivity index (χ1n) is 5.63. The number of nitrogens with zero attached hydrogens (tertiary/aromatic N) is 1. The van der Waals surface area contributed by atoms with Crippen LogP contribution in [-0.2, 0) is 6.42 Å². The molecular formula is C14H12N2O. The van der Waals surface area contributed by atoms with Crippen LogP contribution in [-0.4, -0.2) is 10.9 Å². The fourth-order valence-electron chi connectivity index (χ4n) is 2.20. The van der Waals surface area contributed by atoms with E-state index in [0.29, 0.717) is 5.56 Å². The molecule has 0 bridgehead atoms. The minimum atomic E-state index is -0.0341. The Balaban J connectivity index is 1.97. The van der Waals surface area contributed by atoms with E-state index in [9.17, 15) is 4.79 Å². The molecule has 1 aromatic carbocycles. The van der Waals surface area contributed by atoms with Crippen molar-refractivity contribution in [2.75, 3.05) is 0 Å². The fraction of sp³-hybridized carbons (Fsp3) is 0.143. The molecule has 1 aliphatic heterocycles. The summed E-state index contributed by atoms with van der Waals surface area (Å²) in [6.07, 6.45) is 4.19. The Morgan fingerprint density at radius 1 is 1.18 bits per heavy atom. The number of fused-ring (bicyclic) bond motifs is 1. The molecule has 1 aromatic heterocycles. The van der Waals surface area contributed by atoms with Crippen LogP contribution < -0.4 is 5.32 Å². The maximum Gasteiger partial charge on any atom is 0.253 e. The Morgan fingerprint density at radius 3 is 2.82 bits per heavy atom. The molecule has 1 aliphatic rings. The third kappa shape index (κ3) is 1.80. The Kier molecular flexibility index (Phi) is 2.37. The van der Waals surface area contributed by atoms with Crippen LogP contribution >= 0.6 is 0 Å². The molecule has 3 nitrogen and oxygen atoms in total. The van der Waals surface area contributed by atoms with Crippen molar-refractivity contribution in [3.8, 4) is 0 Å². The predicted octanol–water partition coefficient (Wildman–Crippen LogP) is 2.11. The summed E-state index contributed by atoms with van der Waals surface area (Å²) in [6, 6.07) is 12.0. The number of hydrogen-bond donors (Lipinski definition) is 1. The van der Waals surface area contributed by atoms with Crippen molar-refractivity contribution in [3.05, 3.63) is 65.5 Å². The summed E-state index contributed by atoms with van der Waals surface area (Å²) in [6.45, 7) is 0. The molecule has 0 unspecified atom stereocenters. The van der Waals surface area contributed by atoms with Gasteiger partial charge in [-0.3, -0.25) is 9.78 Å². The second kappa shape index (κ2) is 4.01. The van der Waals surface area contributed by atoms with Crippen LogP contribution in [0.15, 0.2) is 48.8 Å². The van der Waals surface area contributed by atoms with E-state index in [-0.39, 0.29) is 11.9 Å². The van der Waals surface area contributed by atoms with E-state index in [1.807, 2.05) is 36.4 Å². The molecule has 17 heavy (non-hydrogen) atoms. The van der Waals surface area contributed by atoms with Crippen LogP contribution in [0.5, 0.6) is 0 Å². The van der Waals surface area contributed by atoms with Gasteiger partial charge in [-0.2, -0.15) is 0 Å². The van der Waals surface area contributed by atoms with Crippen molar-refractivity contribution >= 4 is 5.91 Å². The monoisotopic (exact) mass is 224 g/mol. The molecule has 3 rings (SSSR count). The van der Waals surface area contributed by atoms with Gasteiger partial charge >= 0.3 is 0 Å². The van der Waals surface area contributed by atoms with Gasteiger partial charge in [0.2, 0.25) is 0 Å². The number of nitrogens with one attached hydrogen (secondary N) is 1. The molecule has 0 radical (unpaired) electrons.